The molecule has 4 heteroatoms. The van der Waals surface area contributed by atoms with Gasteiger partial charge in [-0.15, -0.1) is 0 Å². The third-order valence-electron chi connectivity index (χ3n) is 5.35. The zero-order valence-electron chi connectivity index (χ0n) is 15.1. The van der Waals surface area contributed by atoms with Crippen LogP contribution in [0.25, 0.3) is 0 Å². The molecule has 0 heterocycles. The molecule has 26 heavy (non-hydrogen) atoms. The molecule has 0 radical (unpaired) electrons. The van der Waals surface area contributed by atoms with Crippen LogP contribution in [0.2, 0.25) is 0 Å². The van der Waals surface area contributed by atoms with Crippen molar-refractivity contribution < 1.29 is 19.1 Å². The van der Waals surface area contributed by atoms with Gasteiger partial charge in [0.1, 0.15) is 5.92 Å². The van der Waals surface area contributed by atoms with Gasteiger partial charge in [0.25, 0.3) is 0 Å². The first-order valence-electron chi connectivity index (χ1n) is 9.12. The SMILES string of the molecule is COc1ccc(C2C(=O)c3ccc(C)cc3C2=O)cc1OC1CCCC1. The summed E-state index contributed by atoms with van der Waals surface area (Å²) in [5.41, 5.74) is 2.68. The Balaban J connectivity index is 1.69. The van der Waals surface area contributed by atoms with Gasteiger partial charge in [-0.3, -0.25) is 9.59 Å². The third-order valence-corrected chi connectivity index (χ3v) is 5.35. The maximum absolute atomic E-state index is 12.9. The highest BCUT2D eigenvalue weighted by Crippen LogP contribution is 2.39. The van der Waals surface area contributed by atoms with Crippen molar-refractivity contribution in [2.75, 3.05) is 7.11 Å². The van der Waals surface area contributed by atoms with Crippen molar-refractivity contribution >= 4 is 11.6 Å². The van der Waals surface area contributed by atoms with Crippen molar-refractivity contribution in [3.63, 3.8) is 0 Å². The van der Waals surface area contributed by atoms with Gasteiger partial charge in [-0.1, -0.05) is 23.8 Å². The first kappa shape index (κ1) is 16.8. The lowest BCUT2D eigenvalue weighted by atomic mass is 9.94. The van der Waals surface area contributed by atoms with Crippen LogP contribution in [0.5, 0.6) is 11.5 Å². The molecule has 1 fully saturated rings. The molecule has 0 aliphatic heterocycles. The summed E-state index contributed by atoms with van der Waals surface area (Å²) in [6.45, 7) is 1.92. The van der Waals surface area contributed by atoms with Crippen LogP contribution < -0.4 is 9.47 Å². The van der Waals surface area contributed by atoms with E-state index in [9.17, 15) is 9.59 Å². The maximum atomic E-state index is 12.9. The van der Waals surface area contributed by atoms with Crippen LogP contribution in [-0.4, -0.2) is 24.8 Å². The summed E-state index contributed by atoms with van der Waals surface area (Å²) in [7, 11) is 1.60. The Morgan fingerprint density at radius 2 is 1.62 bits per heavy atom. The number of aryl methyl sites for hydroxylation is 1. The predicted molar refractivity (Wildman–Crippen MR) is 98.5 cm³/mol. The van der Waals surface area contributed by atoms with E-state index in [2.05, 4.69) is 0 Å². The number of hydrogen-bond donors (Lipinski definition) is 0. The number of carbonyl (C=O) groups excluding carboxylic acids is 2. The molecule has 0 aromatic heterocycles. The molecule has 4 rings (SSSR count). The highest BCUT2D eigenvalue weighted by molar-refractivity contribution is 6.29. The summed E-state index contributed by atoms with van der Waals surface area (Å²) in [4.78, 5) is 25.7. The normalized spacial score (nSPS) is 19.7. The molecule has 1 atom stereocenters. The van der Waals surface area contributed by atoms with E-state index in [1.54, 1.807) is 37.4 Å². The third kappa shape index (κ3) is 2.79. The lowest BCUT2D eigenvalue weighted by Crippen LogP contribution is -2.15. The van der Waals surface area contributed by atoms with Crippen LogP contribution in [-0.2, 0) is 0 Å². The standard InChI is InChI=1S/C22H22O4/c1-13-7-9-16-17(11-13)22(24)20(21(16)23)14-8-10-18(25-2)19(12-14)26-15-5-3-4-6-15/h7-12,15,20H,3-6H2,1-2H3. The monoisotopic (exact) mass is 350 g/mol. The van der Waals surface area contributed by atoms with Crippen LogP contribution in [0, 0.1) is 6.92 Å². The van der Waals surface area contributed by atoms with Crippen molar-refractivity contribution in [1.82, 2.24) is 0 Å². The summed E-state index contributed by atoms with van der Waals surface area (Å²) in [5, 5.41) is 0. The van der Waals surface area contributed by atoms with Gasteiger partial charge in [-0.25, -0.2) is 0 Å². The Morgan fingerprint density at radius 3 is 2.35 bits per heavy atom. The predicted octanol–water partition coefficient (Wildman–Crippen LogP) is 4.49. The lowest BCUT2D eigenvalue weighted by Gasteiger charge is -2.18. The minimum absolute atomic E-state index is 0.134. The van der Waals surface area contributed by atoms with Crippen LogP contribution >= 0.6 is 0 Å². The average Bonchev–Trinajstić information content (AvgIpc) is 3.22. The van der Waals surface area contributed by atoms with E-state index in [-0.39, 0.29) is 17.7 Å². The minimum atomic E-state index is -0.788. The Labute approximate surface area is 153 Å². The molecule has 2 aliphatic rings. The fourth-order valence-electron chi connectivity index (χ4n) is 3.96. The summed E-state index contributed by atoms with van der Waals surface area (Å²) in [6.07, 6.45) is 4.56. The molecule has 4 nitrogen and oxygen atoms in total. The zero-order valence-corrected chi connectivity index (χ0v) is 15.1. The molecule has 2 aromatic carbocycles. The Bertz CT molecular complexity index is 878. The number of Topliss-reactive ketones (excluding diaryl/α,β-unsaturated/α-hetero) is 2. The summed E-state index contributed by atoms with van der Waals surface area (Å²) < 4.78 is 11.5. The van der Waals surface area contributed by atoms with E-state index in [0.717, 1.165) is 18.4 Å². The number of benzene rings is 2. The Hall–Kier alpha value is -2.62. The largest absolute Gasteiger partial charge is 0.493 e. The second kappa shape index (κ2) is 6.60. The van der Waals surface area contributed by atoms with E-state index in [1.165, 1.54) is 12.8 Å². The fraction of sp³-hybridized carbons (Fsp3) is 0.364. The molecular weight excluding hydrogens is 328 g/mol. The van der Waals surface area contributed by atoms with Crippen molar-refractivity contribution in [3.05, 3.63) is 58.7 Å². The van der Waals surface area contributed by atoms with Gasteiger partial charge in [0.2, 0.25) is 0 Å². The molecule has 0 bridgehead atoms. The summed E-state index contributed by atoms with van der Waals surface area (Å²) in [5.74, 6) is 0.188. The number of hydrogen-bond acceptors (Lipinski definition) is 4. The van der Waals surface area contributed by atoms with E-state index in [0.29, 0.717) is 28.2 Å². The first-order valence-corrected chi connectivity index (χ1v) is 9.12. The lowest BCUT2D eigenvalue weighted by molar-refractivity contribution is 0.0890. The highest BCUT2D eigenvalue weighted by Gasteiger charge is 2.40. The topological polar surface area (TPSA) is 52.6 Å². The quantitative estimate of drug-likeness (QED) is 0.763. The molecular formula is C22H22O4. The number of fused-ring (bicyclic) bond motifs is 1. The highest BCUT2D eigenvalue weighted by atomic mass is 16.5. The van der Waals surface area contributed by atoms with Crippen LogP contribution in [0.4, 0.5) is 0 Å². The van der Waals surface area contributed by atoms with Gasteiger partial charge in [0.05, 0.1) is 13.2 Å². The molecule has 1 unspecified atom stereocenters. The van der Waals surface area contributed by atoms with Crippen molar-refractivity contribution in [1.29, 1.82) is 0 Å². The number of ketones is 2. The molecule has 0 saturated heterocycles. The van der Waals surface area contributed by atoms with E-state index in [4.69, 9.17) is 9.47 Å². The molecule has 0 N–H and O–H groups in total. The van der Waals surface area contributed by atoms with E-state index >= 15 is 0 Å². The van der Waals surface area contributed by atoms with Crippen molar-refractivity contribution in [2.24, 2.45) is 0 Å². The average molecular weight is 350 g/mol. The number of ether oxygens (including phenoxy) is 2. The molecule has 134 valence electrons. The van der Waals surface area contributed by atoms with Gasteiger partial charge >= 0.3 is 0 Å². The second-order valence-corrected chi connectivity index (χ2v) is 7.15. The van der Waals surface area contributed by atoms with Crippen LogP contribution in [0.15, 0.2) is 36.4 Å². The summed E-state index contributed by atoms with van der Waals surface area (Å²) in [6, 6.07) is 10.8. The minimum Gasteiger partial charge on any atom is -0.493 e. The summed E-state index contributed by atoms with van der Waals surface area (Å²) >= 11 is 0. The van der Waals surface area contributed by atoms with Gasteiger partial charge in [0.15, 0.2) is 23.1 Å². The van der Waals surface area contributed by atoms with Crippen LogP contribution in [0.3, 0.4) is 0 Å². The first-order chi connectivity index (χ1) is 12.6. The van der Waals surface area contributed by atoms with Crippen molar-refractivity contribution in [2.45, 2.75) is 44.6 Å². The second-order valence-electron chi connectivity index (χ2n) is 7.15. The number of carbonyl (C=O) groups is 2. The molecule has 0 amide bonds. The maximum Gasteiger partial charge on any atom is 0.178 e. The van der Waals surface area contributed by atoms with Crippen molar-refractivity contribution in [3.8, 4) is 11.5 Å². The molecule has 2 aliphatic carbocycles. The Kier molecular flexibility index (Phi) is 4.27. The molecule has 1 saturated carbocycles. The molecule has 2 aromatic rings. The van der Waals surface area contributed by atoms with Gasteiger partial charge in [-0.2, -0.15) is 0 Å². The van der Waals surface area contributed by atoms with Gasteiger partial charge in [-0.05, 0) is 56.4 Å². The van der Waals surface area contributed by atoms with Gasteiger partial charge < -0.3 is 9.47 Å². The number of methoxy groups -OCH3 is 1. The van der Waals surface area contributed by atoms with Crippen LogP contribution in [0.1, 0.15) is 63.4 Å². The fourth-order valence-corrected chi connectivity index (χ4v) is 3.96. The smallest absolute Gasteiger partial charge is 0.178 e. The zero-order chi connectivity index (χ0) is 18.3. The molecule has 0 spiro atoms. The number of rotatable bonds is 4. The Morgan fingerprint density at radius 1 is 0.885 bits per heavy atom. The van der Waals surface area contributed by atoms with Gasteiger partial charge in [0, 0.05) is 11.1 Å². The van der Waals surface area contributed by atoms with E-state index < -0.39 is 5.92 Å². The van der Waals surface area contributed by atoms with E-state index in [1.807, 2.05) is 13.0 Å².